The van der Waals surface area contributed by atoms with Crippen molar-refractivity contribution in [2.24, 2.45) is 5.73 Å². The fourth-order valence-corrected chi connectivity index (χ4v) is 4.97. The van der Waals surface area contributed by atoms with E-state index in [1.54, 1.807) is 23.1 Å². The van der Waals surface area contributed by atoms with Gasteiger partial charge in [-0.15, -0.1) is 23.1 Å². The lowest BCUT2D eigenvalue weighted by molar-refractivity contribution is 0.640. The van der Waals surface area contributed by atoms with Gasteiger partial charge in [0.25, 0.3) is 0 Å². The summed E-state index contributed by atoms with van der Waals surface area (Å²) in [5, 5.41) is 1.03. The first-order chi connectivity index (χ1) is 9.10. The molecule has 0 saturated carbocycles. The Morgan fingerprint density at radius 3 is 2.74 bits per heavy atom. The molecule has 2 aromatic rings. The third-order valence-electron chi connectivity index (χ3n) is 2.79. The Bertz CT molecular complexity index is 544. The highest BCUT2D eigenvalue weighted by molar-refractivity contribution is 9.11. The maximum Gasteiger partial charge on any atom is 0.0701 e. The molecule has 0 spiro atoms. The van der Waals surface area contributed by atoms with Crippen LogP contribution in [0.2, 0.25) is 5.02 Å². The zero-order chi connectivity index (χ0) is 13.8. The molecular weight excluding hydrogens is 362 g/mol. The predicted molar refractivity (Wildman–Crippen MR) is 90.3 cm³/mol. The second-order valence-corrected chi connectivity index (χ2v) is 8.36. The van der Waals surface area contributed by atoms with E-state index in [-0.39, 0.29) is 11.3 Å². The van der Waals surface area contributed by atoms with Crippen LogP contribution >= 0.6 is 50.6 Å². The van der Waals surface area contributed by atoms with Crippen LogP contribution in [0.3, 0.4) is 0 Å². The minimum absolute atomic E-state index is 0.134. The molecule has 0 radical (unpaired) electrons. The summed E-state index contributed by atoms with van der Waals surface area (Å²) in [6, 6.07) is 12.3. The average Bonchev–Trinajstić information content (AvgIpc) is 2.81. The molecule has 19 heavy (non-hydrogen) atoms. The van der Waals surface area contributed by atoms with Crippen LogP contribution in [0, 0.1) is 0 Å². The zero-order valence-corrected chi connectivity index (χ0v) is 14.5. The van der Waals surface area contributed by atoms with Crippen molar-refractivity contribution in [2.45, 2.75) is 29.5 Å². The van der Waals surface area contributed by atoms with E-state index in [2.05, 4.69) is 41.1 Å². The number of hydrogen-bond donors (Lipinski definition) is 1. The van der Waals surface area contributed by atoms with E-state index >= 15 is 0 Å². The Labute approximate surface area is 135 Å². The third kappa shape index (κ3) is 4.23. The van der Waals surface area contributed by atoms with Gasteiger partial charge in [-0.3, -0.25) is 0 Å². The van der Waals surface area contributed by atoms with E-state index in [4.69, 9.17) is 17.3 Å². The number of benzene rings is 1. The topological polar surface area (TPSA) is 26.0 Å². The molecule has 0 aliphatic rings. The van der Waals surface area contributed by atoms with Crippen molar-refractivity contribution in [1.29, 1.82) is 0 Å². The molecule has 2 atom stereocenters. The van der Waals surface area contributed by atoms with Crippen LogP contribution in [0.4, 0.5) is 0 Å². The zero-order valence-electron chi connectivity index (χ0n) is 10.5. The molecule has 1 aromatic carbocycles. The van der Waals surface area contributed by atoms with Gasteiger partial charge in [-0.05, 0) is 52.7 Å². The first-order valence-electron chi connectivity index (χ1n) is 6.03. The van der Waals surface area contributed by atoms with Gasteiger partial charge in [-0.25, -0.2) is 0 Å². The highest BCUT2D eigenvalue weighted by Crippen LogP contribution is 2.42. The normalized spacial score (nSPS) is 14.3. The van der Waals surface area contributed by atoms with Crippen LogP contribution in [0.1, 0.15) is 23.5 Å². The fourth-order valence-electron chi connectivity index (χ4n) is 1.74. The van der Waals surface area contributed by atoms with Crippen LogP contribution in [-0.4, -0.2) is 6.04 Å². The lowest BCUT2D eigenvalue weighted by Crippen LogP contribution is -2.25. The maximum absolute atomic E-state index is 6.28. The number of halogens is 2. The highest BCUT2D eigenvalue weighted by Gasteiger charge is 2.21. The number of hydrogen-bond acceptors (Lipinski definition) is 3. The van der Waals surface area contributed by atoms with Crippen molar-refractivity contribution in [3.05, 3.63) is 50.1 Å². The van der Waals surface area contributed by atoms with Crippen molar-refractivity contribution < 1.29 is 0 Å². The van der Waals surface area contributed by atoms with Crippen molar-refractivity contribution in [3.63, 3.8) is 0 Å². The smallest absolute Gasteiger partial charge is 0.0701 e. The van der Waals surface area contributed by atoms with Gasteiger partial charge in [-0.1, -0.05) is 24.6 Å². The average molecular weight is 377 g/mol. The maximum atomic E-state index is 6.28. The minimum Gasteiger partial charge on any atom is -0.326 e. The summed E-state index contributed by atoms with van der Waals surface area (Å²) in [5.41, 5.74) is 6.28. The van der Waals surface area contributed by atoms with E-state index in [1.807, 2.05) is 18.2 Å². The molecule has 0 fully saturated rings. The number of rotatable bonds is 5. The molecule has 0 amide bonds. The Morgan fingerprint density at radius 2 is 2.16 bits per heavy atom. The number of thioether (sulfide) groups is 1. The van der Waals surface area contributed by atoms with E-state index < -0.39 is 0 Å². The summed E-state index contributed by atoms with van der Waals surface area (Å²) in [4.78, 5) is 2.46. The molecule has 2 N–H and O–H groups in total. The molecule has 0 saturated heterocycles. The highest BCUT2D eigenvalue weighted by atomic mass is 79.9. The van der Waals surface area contributed by atoms with Gasteiger partial charge in [-0.2, -0.15) is 0 Å². The van der Waals surface area contributed by atoms with Crippen LogP contribution in [0.15, 0.2) is 45.1 Å². The monoisotopic (exact) mass is 375 g/mol. The molecule has 1 heterocycles. The Balaban J connectivity index is 2.24. The number of thiophene rings is 1. The summed E-state index contributed by atoms with van der Waals surface area (Å²) >= 11 is 13.1. The molecule has 0 bridgehead atoms. The second-order valence-electron chi connectivity index (χ2n) is 4.21. The van der Waals surface area contributed by atoms with Crippen molar-refractivity contribution >= 4 is 50.6 Å². The van der Waals surface area contributed by atoms with Gasteiger partial charge in [0.1, 0.15) is 0 Å². The van der Waals surface area contributed by atoms with Crippen LogP contribution in [0.5, 0.6) is 0 Å². The van der Waals surface area contributed by atoms with Gasteiger partial charge >= 0.3 is 0 Å². The molecular formula is C14H15BrClNS2. The lowest BCUT2D eigenvalue weighted by atomic mass is 10.1. The molecule has 2 unspecified atom stereocenters. The van der Waals surface area contributed by atoms with Crippen molar-refractivity contribution in [1.82, 2.24) is 0 Å². The SMILES string of the molecule is CCC(N)C(Sc1cccc(Cl)c1)c1ccc(Br)s1. The summed E-state index contributed by atoms with van der Waals surface area (Å²) in [6.45, 7) is 2.12. The van der Waals surface area contributed by atoms with E-state index in [1.165, 1.54) is 4.88 Å². The second kappa shape index (κ2) is 7.14. The predicted octanol–water partition coefficient (Wildman–Crippen LogP) is 5.73. The summed E-state index contributed by atoms with van der Waals surface area (Å²) in [5.74, 6) is 0. The molecule has 0 aliphatic heterocycles. The Kier molecular flexibility index (Phi) is 5.78. The van der Waals surface area contributed by atoms with Gasteiger partial charge in [0.15, 0.2) is 0 Å². The van der Waals surface area contributed by atoms with Gasteiger partial charge in [0.05, 0.1) is 9.04 Å². The lowest BCUT2D eigenvalue weighted by Gasteiger charge is -2.21. The van der Waals surface area contributed by atoms with Gasteiger partial charge in [0, 0.05) is 20.8 Å². The number of nitrogens with two attached hydrogens (primary N) is 1. The minimum atomic E-state index is 0.134. The molecule has 1 aromatic heterocycles. The first kappa shape index (κ1) is 15.4. The Morgan fingerprint density at radius 1 is 1.37 bits per heavy atom. The molecule has 2 rings (SSSR count). The largest absolute Gasteiger partial charge is 0.326 e. The summed E-state index contributed by atoms with van der Waals surface area (Å²) < 4.78 is 1.14. The van der Waals surface area contributed by atoms with E-state index in [0.29, 0.717) is 0 Å². The summed E-state index contributed by atoms with van der Waals surface area (Å²) in [6.07, 6.45) is 0.952. The standard InChI is InChI=1S/C14H15BrClNS2/c1-2-11(17)14(12-6-7-13(15)19-12)18-10-5-3-4-9(16)8-10/h3-8,11,14H,2,17H2,1H3. The van der Waals surface area contributed by atoms with Gasteiger partial charge < -0.3 is 5.73 Å². The quantitative estimate of drug-likeness (QED) is 0.674. The first-order valence-corrected chi connectivity index (χ1v) is 8.90. The van der Waals surface area contributed by atoms with Crippen molar-refractivity contribution in [2.75, 3.05) is 0 Å². The molecule has 1 nitrogen and oxygen atoms in total. The van der Waals surface area contributed by atoms with Gasteiger partial charge in [0.2, 0.25) is 0 Å². The summed E-state index contributed by atoms with van der Waals surface area (Å²) in [7, 11) is 0. The molecule has 102 valence electrons. The fraction of sp³-hybridized carbons (Fsp3) is 0.286. The van der Waals surface area contributed by atoms with Crippen LogP contribution in [0.25, 0.3) is 0 Å². The van der Waals surface area contributed by atoms with E-state index in [0.717, 1.165) is 20.1 Å². The van der Waals surface area contributed by atoms with Crippen LogP contribution in [-0.2, 0) is 0 Å². The molecule has 0 aliphatic carbocycles. The van der Waals surface area contributed by atoms with Crippen LogP contribution < -0.4 is 5.73 Å². The third-order valence-corrected chi connectivity index (χ3v) is 6.27. The molecule has 5 heteroatoms. The van der Waals surface area contributed by atoms with Crippen molar-refractivity contribution in [3.8, 4) is 0 Å². The van der Waals surface area contributed by atoms with E-state index in [9.17, 15) is 0 Å². The Hall–Kier alpha value is -0.0000000000000000833.